The number of anilines is 1. The molecular weight excluding hydrogens is 314 g/mol. The van der Waals surface area contributed by atoms with E-state index in [9.17, 15) is 9.59 Å². The molecule has 0 saturated heterocycles. The standard InChI is InChI=1S/C20H19N3O2/c1-15-19(21-18(24)14-13-16-9-5-3-6-10-16)20(25)23(22(15)2)17-11-7-4-8-12-17/h3-14H,1-2H3,(H,21,24). The van der Waals surface area contributed by atoms with Crippen molar-refractivity contribution in [3.63, 3.8) is 0 Å². The molecule has 1 aromatic heterocycles. The van der Waals surface area contributed by atoms with Crippen LogP contribution in [0.3, 0.4) is 0 Å². The Bertz CT molecular complexity index is 967. The lowest BCUT2D eigenvalue weighted by Gasteiger charge is -2.07. The van der Waals surface area contributed by atoms with Gasteiger partial charge in [0.1, 0.15) is 5.69 Å². The molecule has 0 aliphatic carbocycles. The van der Waals surface area contributed by atoms with Crippen LogP contribution in [0.4, 0.5) is 5.69 Å². The molecule has 1 heterocycles. The van der Waals surface area contributed by atoms with Gasteiger partial charge >= 0.3 is 0 Å². The van der Waals surface area contributed by atoms with Crippen LogP contribution in [0, 0.1) is 6.92 Å². The van der Waals surface area contributed by atoms with E-state index < -0.39 is 0 Å². The zero-order valence-electron chi connectivity index (χ0n) is 14.1. The Kier molecular flexibility index (Phi) is 4.66. The molecule has 5 heteroatoms. The van der Waals surface area contributed by atoms with E-state index in [4.69, 9.17) is 0 Å². The maximum absolute atomic E-state index is 12.7. The topological polar surface area (TPSA) is 56.0 Å². The van der Waals surface area contributed by atoms with E-state index in [1.54, 1.807) is 24.7 Å². The van der Waals surface area contributed by atoms with Gasteiger partial charge in [-0.05, 0) is 30.7 Å². The molecule has 0 saturated carbocycles. The summed E-state index contributed by atoms with van der Waals surface area (Å²) in [5, 5.41) is 2.70. The fraction of sp³-hybridized carbons (Fsp3) is 0.100. The summed E-state index contributed by atoms with van der Waals surface area (Å²) >= 11 is 0. The van der Waals surface area contributed by atoms with E-state index in [1.165, 1.54) is 10.8 Å². The molecule has 0 spiro atoms. The predicted octanol–water partition coefficient (Wildman–Crippen LogP) is 3.14. The maximum atomic E-state index is 12.7. The summed E-state index contributed by atoms with van der Waals surface area (Å²) in [5.74, 6) is -0.338. The Hall–Kier alpha value is -3.34. The van der Waals surface area contributed by atoms with Crippen LogP contribution in [0.5, 0.6) is 0 Å². The molecule has 3 aromatic rings. The lowest BCUT2D eigenvalue weighted by Crippen LogP contribution is -2.22. The fourth-order valence-corrected chi connectivity index (χ4v) is 2.61. The zero-order chi connectivity index (χ0) is 17.8. The first-order chi connectivity index (χ1) is 12.1. The number of carbonyl (C=O) groups is 1. The lowest BCUT2D eigenvalue weighted by molar-refractivity contribution is -0.111. The fourth-order valence-electron chi connectivity index (χ4n) is 2.61. The Morgan fingerprint density at radius 1 is 1.00 bits per heavy atom. The molecule has 0 aliphatic heterocycles. The zero-order valence-corrected chi connectivity index (χ0v) is 14.1. The highest BCUT2D eigenvalue weighted by atomic mass is 16.2. The smallest absolute Gasteiger partial charge is 0.295 e. The second kappa shape index (κ2) is 7.05. The minimum absolute atomic E-state index is 0.257. The van der Waals surface area contributed by atoms with Gasteiger partial charge in [0.2, 0.25) is 5.91 Å². The number of rotatable bonds is 4. The van der Waals surface area contributed by atoms with Crippen LogP contribution < -0.4 is 10.9 Å². The normalized spacial score (nSPS) is 11.0. The van der Waals surface area contributed by atoms with Crippen molar-refractivity contribution < 1.29 is 4.79 Å². The molecule has 0 unspecified atom stereocenters. The Balaban J connectivity index is 1.87. The third kappa shape index (κ3) is 3.45. The van der Waals surface area contributed by atoms with E-state index in [0.29, 0.717) is 5.69 Å². The molecule has 0 fully saturated rings. The summed E-state index contributed by atoms with van der Waals surface area (Å²) in [6.07, 6.45) is 3.14. The Labute approximate surface area is 145 Å². The summed E-state index contributed by atoms with van der Waals surface area (Å²) in [7, 11) is 1.79. The molecule has 5 nitrogen and oxygen atoms in total. The van der Waals surface area contributed by atoms with Gasteiger partial charge in [-0.1, -0.05) is 48.5 Å². The molecule has 25 heavy (non-hydrogen) atoms. The van der Waals surface area contributed by atoms with Gasteiger partial charge in [0, 0.05) is 13.1 Å². The predicted molar refractivity (Wildman–Crippen MR) is 99.9 cm³/mol. The first kappa shape index (κ1) is 16.5. The minimum Gasteiger partial charge on any atom is -0.316 e. The first-order valence-corrected chi connectivity index (χ1v) is 7.96. The number of para-hydroxylation sites is 1. The van der Waals surface area contributed by atoms with Crippen LogP contribution >= 0.6 is 0 Å². The maximum Gasteiger partial charge on any atom is 0.295 e. The molecule has 0 atom stereocenters. The Morgan fingerprint density at radius 2 is 1.60 bits per heavy atom. The lowest BCUT2D eigenvalue weighted by atomic mass is 10.2. The molecule has 3 rings (SSSR count). The molecule has 126 valence electrons. The van der Waals surface area contributed by atoms with E-state index >= 15 is 0 Å². The van der Waals surface area contributed by atoms with Crippen molar-refractivity contribution in [1.29, 1.82) is 0 Å². The second-order valence-electron chi connectivity index (χ2n) is 5.67. The SMILES string of the molecule is Cc1c(NC(=O)C=Cc2ccccc2)c(=O)n(-c2ccccc2)n1C. The van der Waals surface area contributed by atoms with Crippen molar-refractivity contribution in [2.45, 2.75) is 6.92 Å². The first-order valence-electron chi connectivity index (χ1n) is 7.96. The molecule has 0 radical (unpaired) electrons. The molecule has 0 aliphatic rings. The van der Waals surface area contributed by atoms with Gasteiger partial charge in [-0.25, -0.2) is 4.68 Å². The number of aromatic nitrogens is 2. The number of carbonyl (C=O) groups excluding carboxylic acids is 1. The highest BCUT2D eigenvalue weighted by Gasteiger charge is 2.17. The Morgan fingerprint density at radius 3 is 2.24 bits per heavy atom. The van der Waals surface area contributed by atoms with Gasteiger partial charge in [0.15, 0.2) is 0 Å². The number of hydrogen-bond acceptors (Lipinski definition) is 2. The third-order valence-electron chi connectivity index (χ3n) is 4.03. The summed E-state index contributed by atoms with van der Waals surface area (Å²) in [5.41, 5.74) is 2.39. The van der Waals surface area contributed by atoms with Gasteiger partial charge in [-0.15, -0.1) is 0 Å². The summed E-state index contributed by atoms with van der Waals surface area (Å²) in [6.45, 7) is 1.80. The van der Waals surface area contributed by atoms with Crippen molar-refractivity contribution in [1.82, 2.24) is 9.36 Å². The highest BCUT2D eigenvalue weighted by molar-refractivity contribution is 6.02. The molecule has 1 N–H and O–H groups in total. The van der Waals surface area contributed by atoms with Crippen LogP contribution in [0.1, 0.15) is 11.3 Å². The summed E-state index contributed by atoms with van der Waals surface area (Å²) < 4.78 is 3.26. The average Bonchev–Trinajstić information content (AvgIpc) is 2.85. The van der Waals surface area contributed by atoms with Crippen LogP contribution in [0.2, 0.25) is 0 Å². The third-order valence-corrected chi connectivity index (χ3v) is 4.03. The van der Waals surface area contributed by atoms with Crippen LogP contribution in [-0.4, -0.2) is 15.3 Å². The van der Waals surface area contributed by atoms with Gasteiger partial charge in [0.05, 0.1) is 11.4 Å². The highest BCUT2D eigenvalue weighted by Crippen LogP contribution is 2.14. The molecular formula is C20H19N3O2. The number of nitrogens with zero attached hydrogens (tertiary/aromatic N) is 2. The largest absolute Gasteiger partial charge is 0.316 e. The van der Waals surface area contributed by atoms with Crippen molar-refractivity contribution in [3.8, 4) is 5.69 Å². The van der Waals surface area contributed by atoms with Crippen molar-refractivity contribution in [3.05, 3.63) is 88.4 Å². The molecule has 0 bridgehead atoms. The second-order valence-corrected chi connectivity index (χ2v) is 5.67. The minimum atomic E-state index is -0.338. The van der Waals surface area contributed by atoms with Crippen molar-refractivity contribution in [2.24, 2.45) is 7.05 Å². The van der Waals surface area contributed by atoms with Gasteiger partial charge in [0.25, 0.3) is 5.56 Å². The molecule has 1 amide bonds. The summed E-state index contributed by atoms with van der Waals surface area (Å²) in [6, 6.07) is 18.8. The van der Waals surface area contributed by atoms with Gasteiger partial charge in [-0.2, -0.15) is 0 Å². The van der Waals surface area contributed by atoms with E-state index in [2.05, 4.69) is 5.32 Å². The number of benzene rings is 2. The van der Waals surface area contributed by atoms with E-state index in [1.807, 2.05) is 60.7 Å². The average molecular weight is 333 g/mol. The van der Waals surface area contributed by atoms with Crippen LogP contribution in [0.15, 0.2) is 71.5 Å². The van der Waals surface area contributed by atoms with Crippen molar-refractivity contribution in [2.75, 3.05) is 5.32 Å². The molecule has 2 aromatic carbocycles. The van der Waals surface area contributed by atoms with E-state index in [0.717, 1.165) is 11.3 Å². The van der Waals surface area contributed by atoms with Crippen LogP contribution in [-0.2, 0) is 11.8 Å². The number of hydrogen-bond donors (Lipinski definition) is 1. The quantitative estimate of drug-likeness (QED) is 0.746. The number of amides is 1. The number of nitrogens with one attached hydrogen (secondary N) is 1. The van der Waals surface area contributed by atoms with Gasteiger partial charge in [-0.3, -0.25) is 14.3 Å². The summed E-state index contributed by atoms with van der Waals surface area (Å²) in [4.78, 5) is 24.9. The van der Waals surface area contributed by atoms with E-state index in [-0.39, 0.29) is 17.2 Å². The van der Waals surface area contributed by atoms with Crippen LogP contribution in [0.25, 0.3) is 11.8 Å². The van der Waals surface area contributed by atoms with Crippen molar-refractivity contribution >= 4 is 17.7 Å². The monoisotopic (exact) mass is 333 g/mol. The van der Waals surface area contributed by atoms with Gasteiger partial charge < -0.3 is 5.32 Å².